The molecule has 0 aromatic heterocycles. The van der Waals surface area contributed by atoms with Gasteiger partial charge in [-0.15, -0.1) is 0 Å². The molecule has 6 atom stereocenters. The predicted octanol–water partition coefficient (Wildman–Crippen LogP) is 6.11. The standard InChI is InChI=1S/3C8H19O2P.Cr/c3*1-3-5-6-8(4-2)7-11(9)10;/h3*8,11H,3-7H2,1-2H3,(H,9,10);/q;;;+3/p-3. The summed E-state index contributed by atoms with van der Waals surface area (Å²) in [7, 11) is -7.43. The molecule has 0 rings (SSSR count). The number of hydrogen-bond acceptors (Lipinski definition) is 6. The molecule has 0 saturated carbocycles. The van der Waals surface area contributed by atoms with Crippen molar-refractivity contribution in [3.05, 3.63) is 0 Å². The first-order chi connectivity index (χ1) is 15.6. The van der Waals surface area contributed by atoms with Gasteiger partial charge in [-0.25, -0.2) is 0 Å². The Bertz CT molecular complexity index is 417. The smallest absolute Gasteiger partial charge is 0.802 e. The summed E-state index contributed by atoms with van der Waals surface area (Å²) in [5, 5.41) is 0. The average molecular weight is 584 g/mol. The minimum Gasteiger partial charge on any atom is -0.802 e. The molecule has 207 valence electrons. The van der Waals surface area contributed by atoms with Crippen molar-refractivity contribution in [3.63, 3.8) is 0 Å². The molecule has 0 aromatic rings. The topological polar surface area (TPSA) is 120 Å². The van der Waals surface area contributed by atoms with Gasteiger partial charge in [0.25, 0.3) is 0 Å². The Labute approximate surface area is 224 Å². The van der Waals surface area contributed by atoms with Crippen LogP contribution in [0.1, 0.15) is 119 Å². The van der Waals surface area contributed by atoms with Crippen molar-refractivity contribution in [1.29, 1.82) is 0 Å². The number of hydrogen-bond donors (Lipinski definition) is 0. The van der Waals surface area contributed by atoms with E-state index in [4.69, 9.17) is 0 Å². The van der Waals surface area contributed by atoms with Gasteiger partial charge in [0.05, 0.1) is 0 Å². The fourth-order valence-electron chi connectivity index (χ4n) is 3.54. The van der Waals surface area contributed by atoms with Gasteiger partial charge in [0.15, 0.2) is 0 Å². The number of unbranched alkanes of at least 4 members (excludes halogenated alkanes) is 3. The third kappa shape index (κ3) is 35.3. The van der Waals surface area contributed by atoms with Crippen molar-refractivity contribution in [2.75, 3.05) is 18.5 Å². The van der Waals surface area contributed by atoms with Crippen LogP contribution in [0, 0.1) is 17.8 Å². The second-order valence-electron chi connectivity index (χ2n) is 8.98. The second kappa shape index (κ2) is 32.1. The molecular weight excluding hydrogens is 529 g/mol. The van der Waals surface area contributed by atoms with Gasteiger partial charge in [-0.2, -0.15) is 0 Å². The van der Waals surface area contributed by atoms with Gasteiger partial charge in [-0.1, -0.05) is 119 Å². The Balaban J connectivity index is -0.000000196. The summed E-state index contributed by atoms with van der Waals surface area (Å²) in [6.45, 7) is 12.6. The van der Waals surface area contributed by atoms with Crippen LogP contribution in [0.3, 0.4) is 0 Å². The van der Waals surface area contributed by atoms with E-state index in [0.29, 0.717) is 36.2 Å². The average Bonchev–Trinajstić information content (AvgIpc) is 2.77. The van der Waals surface area contributed by atoms with Gasteiger partial charge in [-0.3, -0.25) is 0 Å². The van der Waals surface area contributed by atoms with Crippen LogP contribution in [0.25, 0.3) is 0 Å². The Morgan fingerprint density at radius 3 is 0.824 bits per heavy atom. The molecule has 10 heteroatoms. The summed E-state index contributed by atoms with van der Waals surface area (Å²) in [5.74, 6) is 1.25. The normalized spacial score (nSPS) is 15.8. The van der Waals surface area contributed by atoms with Gasteiger partial charge in [-0.05, 0) is 36.2 Å². The molecule has 0 aliphatic rings. The molecule has 0 aliphatic heterocycles. The zero-order chi connectivity index (χ0) is 26.1. The molecule has 34 heavy (non-hydrogen) atoms. The summed E-state index contributed by atoms with van der Waals surface area (Å²) in [6, 6.07) is 0. The first kappa shape index (κ1) is 42.2. The zero-order valence-corrected chi connectivity index (χ0v) is 27.0. The largest absolute Gasteiger partial charge is 3.00 e. The van der Waals surface area contributed by atoms with Crippen molar-refractivity contribution < 1.29 is 45.7 Å². The molecule has 0 bridgehead atoms. The van der Waals surface area contributed by atoms with Crippen LogP contribution in [0.15, 0.2) is 0 Å². The SMILES string of the molecule is CCCCC(CC)C[PH](=O)[O-].CCCCC(CC)C[PH](=O)[O-].CCCCC(CC)C[PH](=O)[O-].[Cr+3]. The van der Waals surface area contributed by atoms with Crippen molar-refractivity contribution in [2.45, 2.75) is 119 Å². The molecule has 0 aliphatic carbocycles. The third-order valence-electron chi connectivity index (χ3n) is 6.00. The monoisotopic (exact) mass is 583 g/mol. The van der Waals surface area contributed by atoms with Gasteiger partial charge < -0.3 is 28.4 Å². The molecule has 1 radical (unpaired) electrons. The summed E-state index contributed by atoms with van der Waals surface area (Å²) in [4.78, 5) is 31.2. The molecule has 0 amide bonds. The molecule has 0 spiro atoms. The van der Waals surface area contributed by atoms with Gasteiger partial charge in [0, 0.05) is 24.1 Å². The number of rotatable bonds is 18. The van der Waals surface area contributed by atoms with Crippen molar-refractivity contribution in [3.8, 4) is 0 Å². The predicted molar refractivity (Wildman–Crippen MR) is 142 cm³/mol. The molecule has 0 heterocycles. The van der Waals surface area contributed by atoms with E-state index in [1.807, 2.05) is 0 Å². The van der Waals surface area contributed by atoms with Crippen molar-refractivity contribution >= 4 is 24.1 Å². The van der Waals surface area contributed by atoms with Crippen LogP contribution < -0.4 is 14.7 Å². The minimum atomic E-state index is -2.48. The van der Waals surface area contributed by atoms with Crippen LogP contribution in [-0.2, 0) is 31.1 Å². The van der Waals surface area contributed by atoms with Crippen LogP contribution in [0.4, 0.5) is 0 Å². The fourth-order valence-corrected chi connectivity index (χ4v) is 6.43. The van der Waals surface area contributed by atoms with Crippen molar-refractivity contribution in [1.82, 2.24) is 0 Å². The third-order valence-corrected chi connectivity index (χ3v) is 8.73. The summed E-state index contributed by atoms with van der Waals surface area (Å²) >= 11 is 0. The molecule has 6 nitrogen and oxygen atoms in total. The molecule has 6 unspecified atom stereocenters. The van der Waals surface area contributed by atoms with Crippen LogP contribution in [0.2, 0.25) is 0 Å². The maximum absolute atomic E-state index is 10.4. The summed E-state index contributed by atoms with van der Waals surface area (Å²) < 4.78 is 31.2. The van der Waals surface area contributed by atoms with Gasteiger partial charge >= 0.3 is 17.4 Å². The molecule has 0 saturated heterocycles. The molecule has 0 fully saturated rings. The Morgan fingerprint density at radius 2 is 0.706 bits per heavy atom. The fraction of sp³-hybridized carbons (Fsp3) is 1.00. The summed E-state index contributed by atoms with van der Waals surface area (Å²) in [6.07, 6.45) is 14.4. The van der Waals surface area contributed by atoms with E-state index in [1.54, 1.807) is 0 Å². The Kier molecular flexibility index (Phi) is 39.9. The molecule has 0 N–H and O–H groups in total. The van der Waals surface area contributed by atoms with Crippen LogP contribution >= 0.6 is 24.1 Å². The summed E-state index contributed by atoms with van der Waals surface area (Å²) in [5.41, 5.74) is 0. The second-order valence-corrected chi connectivity index (χ2v) is 12.4. The Morgan fingerprint density at radius 1 is 0.500 bits per heavy atom. The van der Waals surface area contributed by atoms with E-state index in [0.717, 1.165) is 77.0 Å². The minimum absolute atomic E-state index is 0. The van der Waals surface area contributed by atoms with E-state index >= 15 is 0 Å². The molecular formula is C24H54CrO6P3. The maximum Gasteiger partial charge on any atom is 3.00 e. The van der Waals surface area contributed by atoms with Crippen LogP contribution in [-0.4, -0.2) is 18.5 Å². The van der Waals surface area contributed by atoms with E-state index < -0.39 is 24.1 Å². The van der Waals surface area contributed by atoms with Gasteiger partial charge in [0.1, 0.15) is 0 Å². The van der Waals surface area contributed by atoms with Crippen molar-refractivity contribution in [2.24, 2.45) is 17.8 Å². The van der Waals surface area contributed by atoms with Gasteiger partial charge in [0.2, 0.25) is 0 Å². The maximum atomic E-state index is 10.4. The first-order valence-electron chi connectivity index (χ1n) is 13.2. The Hall–Kier alpha value is 1.10. The zero-order valence-electron chi connectivity index (χ0n) is 22.7. The van der Waals surface area contributed by atoms with E-state index in [9.17, 15) is 28.4 Å². The first-order valence-corrected chi connectivity index (χ1v) is 17.8. The van der Waals surface area contributed by atoms with E-state index in [-0.39, 0.29) is 17.4 Å². The quantitative estimate of drug-likeness (QED) is 0.180. The van der Waals surface area contributed by atoms with Crippen LogP contribution in [0.5, 0.6) is 0 Å². The van der Waals surface area contributed by atoms with E-state index in [1.165, 1.54) is 0 Å². The van der Waals surface area contributed by atoms with E-state index in [2.05, 4.69) is 41.5 Å². The molecule has 0 aromatic carbocycles.